The third-order valence-electron chi connectivity index (χ3n) is 2.95. The molecule has 20 heavy (non-hydrogen) atoms. The predicted octanol–water partition coefficient (Wildman–Crippen LogP) is 2.39. The lowest BCUT2D eigenvalue weighted by atomic mass is 10.1. The van der Waals surface area contributed by atoms with Gasteiger partial charge in [-0.1, -0.05) is 5.16 Å². The summed E-state index contributed by atoms with van der Waals surface area (Å²) < 4.78 is 6.84. The number of pyridine rings is 1. The van der Waals surface area contributed by atoms with Crippen LogP contribution in [-0.2, 0) is 13.6 Å². The van der Waals surface area contributed by atoms with Gasteiger partial charge in [-0.25, -0.2) is 0 Å². The lowest BCUT2D eigenvalue weighted by Crippen LogP contribution is -2.00. The standard InChI is InChI=1S/C14H15N5O/c1-10-7-13(18-20-10)16-8-12-9-19(2)17-14(12)11-3-5-15-6-4-11/h3-7,9H,8H2,1-2H3,(H,16,18). The lowest BCUT2D eigenvalue weighted by molar-refractivity contribution is 0.399. The van der Waals surface area contributed by atoms with E-state index >= 15 is 0 Å². The van der Waals surface area contributed by atoms with E-state index in [1.54, 1.807) is 17.1 Å². The molecule has 0 aliphatic rings. The highest BCUT2D eigenvalue weighted by Gasteiger charge is 2.10. The molecule has 0 aliphatic heterocycles. The van der Waals surface area contributed by atoms with Crippen molar-refractivity contribution in [3.8, 4) is 11.3 Å². The minimum absolute atomic E-state index is 0.636. The monoisotopic (exact) mass is 269 g/mol. The van der Waals surface area contributed by atoms with E-state index in [9.17, 15) is 0 Å². The van der Waals surface area contributed by atoms with Gasteiger partial charge in [0.15, 0.2) is 5.82 Å². The number of hydrogen-bond acceptors (Lipinski definition) is 5. The number of rotatable bonds is 4. The van der Waals surface area contributed by atoms with Crippen LogP contribution in [0, 0.1) is 6.92 Å². The number of anilines is 1. The summed E-state index contributed by atoms with van der Waals surface area (Å²) in [6.07, 6.45) is 5.53. The molecule has 0 amide bonds. The highest BCUT2D eigenvalue weighted by atomic mass is 16.5. The topological polar surface area (TPSA) is 68.8 Å². The Morgan fingerprint density at radius 1 is 1.30 bits per heavy atom. The first kappa shape index (κ1) is 12.4. The highest BCUT2D eigenvalue weighted by molar-refractivity contribution is 5.62. The van der Waals surface area contributed by atoms with Crippen molar-refractivity contribution in [2.24, 2.45) is 7.05 Å². The zero-order valence-electron chi connectivity index (χ0n) is 11.4. The Morgan fingerprint density at radius 3 is 2.80 bits per heavy atom. The Kier molecular flexibility index (Phi) is 3.20. The minimum atomic E-state index is 0.636. The van der Waals surface area contributed by atoms with Gasteiger partial charge in [-0.3, -0.25) is 9.67 Å². The summed E-state index contributed by atoms with van der Waals surface area (Å²) in [4.78, 5) is 4.03. The maximum Gasteiger partial charge on any atom is 0.169 e. The van der Waals surface area contributed by atoms with Crippen molar-refractivity contribution in [2.75, 3.05) is 5.32 Å². The van der Waals surface area contributed by atoms with Crippen molar-refractivity contribution in [1.82, 2.24) is 19.9 Å². The maximum atomic E-state index is 5.03. The fourth-order valence-corrected chi connectivity index (χ4v) is 2.06. The molecule has 0 saturated carbocycles. The van der Waals surface area contributed by atoms with E-state index in [-0.39, 0.29) is 0 Å². The average molecular weight is 269 g/mol. The summed E-state index contributed by atoms with van der Waals surface area (Å²) in [5.41, 5.74) is 3.09. The molecule has 1 N–H and O–H groups in total. The van der Waals surface area contributed by atoms with E-state index < -0.39 is 0 Å². The summed E-state index contributed by atoms with van der Waals surface area (Å²) in [5, 5.41) is 11.7. The summed E-state index contributed by atoms with van der Waals surface area (Å²) in [7, 11) is 1.91. The quantitative estimate of drug-likeness (QED) is 0.787. The predicted molar refractivity (Wildman–Crippen MR) is 75.0 cm³/mol. The van der Waals surface area contributed by atoms with Gasteiger partial charge in [-0.15, -0.1) is 0 Å². The fraction of sp³-hybridized carbons (Fsp3) is 0.214. The first-order valence-electron chi connectivity index (χ1n) is 6.32. The Labute approximate surface area is 116 Å². The largest absolute Gasteiger partial charge is 0.363 e. The van der Waals surface area contributed by atoms with Crippen molar-refractivity contribution in [1.29, 1.82) is 0 Å². The molecular weight excluding hydrogens is 254 g/mol. The molecule has 0 aromatic carbocycles. The zero-order chi connectivity index (χ0) is 13.9. The van der Waals surface area contributed by atoms with Crippen molar-refractivity contribution in [3.63, 3.8) is 0 Å². The van der Waals surface area contributed by atoms with Gasteiger partial charge in [-0.05, 0) is 19.1 Å². The smallest absolute Gasteiger partial charge is 0.169 e. The van der Waals surface area contributed by atoms with Gasteiger partial charge in [0.1, 0.15) is 5.76 Å². The van der Waals surface area contributed by atoms with Crippen LogP contribution < -0.4 is 5.32 Å². The third kappa shape index (κ3) is 2.54. The summed E-state index contributed by atoms with van der Waals surface area (Å²) in [6.45, 7) is 2.50. The zero-order valence-corrected chi connectivity index (χ0v) is 11.4. The van der Waals surface area contributed by atoms with Gasteiger partial charge in [0.2, 0.25) is 0 Å². The second-order valence-electron chi connectivity index (χ2n) is 4.59. The fourth-order valence-electron chi connectivity index (χ4n) is 2.06. The van der Waals surface area contributed by atoms with Crippen LogP contribution in [0.2, 0.25) is 0 Å². The van der Waals surface area contributed by atoms with Gasteiger partial charge in [0, 0.05) is 49.4 Å². The van der Waals surface area contributed by atoms with E-state index in [2.05, 4.69) is 20.6 Å². The Bertz CT molecular complexity index is 701. The van der Waals surface area contributed by atoms with Gasteiger partial charge < -0.3 is 9.84 Å². The Hall–Kier alpha value is -2.63. The van der Waals surface area contributed by atoms with E-state index in [4.69, 9.17) is 4.52 Å². The first-order valence-corrected chi connectivity index (χ1v) is 6.32. The first-order chi connectivity index (χ1) is 9.72. The van der Waals surface area contributed by atoms with Crippen LogP contribution in [0.5, 0.6) is 0 Å². The van der Waals surface area contributed by atoms with Crippen LogP contribution in [0.15, 0.2) is 41.3 Å². The summed E-state index contributed by atoms with van der Waals surface area (Å²) in [5.74, 6) is 1.51. The van der Waals surface area contributed by atoms with E-state index in [1.807, 2.05) is 38.4 Å². The third-order valence-corrected chi connectivity index (χ3v) is 2.95. The molecule has 0 spiro atoms. The lowest BCUT2D eigenvalue weighted by Gasteiger charge is -2.03. The second-order valence-corrected chi connectivity index (χ2v) is 4.59. The molecule has 0 unspecified atom stereocenters. The van der Waals surface area contributed by atoms with Crippen LogP contribution in [0.25, 0.3) is 11.3 Å². The molecule has 3 heterocycles. The van der Waals surface area contributed by atoms with Gasteiger partial charge in [-0.2, -0.15) is 5.10 Å². The molecular formula is C14H15N5O. The number of aromatic nitrogens is 4. The van der Waals surface area contributed by atoms with Crippen LogP contribution in [0.3, 0.4) is 0 Å². The number of nitrogens with one attached hydrogen (secondary N) is 1. The molecule has 6 heteroatoms. The molecule has 0 aliphatic carbocycles. The molecule has 3 aromatic heterocycles. The normalized spacial score (nSPS) is 10.7. The van der Waals surface area contributed by atoms with Crippen molar-refractivity contribution in [3.05, 3.63) is 48.1 Å². The van der Waals surface area contributed by atoms with Crippen LogP contribution in [0.1, 0.15) is 11.3 Å². The van der Waals surface area contributed by atoms with Gasteiger partial charge in [0.05, 0.1) is 5.69 Å². The van der Waals surface area contributed by atoms with Gasteiger partial charge >= 0.3 is 0 Å². The Balaban J connectivity index is 1.83. The summed E-state index contributed by atoms with van der Waals surface area (Å²) >= 11 is 0. The SMILES string of the molecule is Cc1cc(NCc2cn(C)nc2-c2ccncc2)no1. The van der Waals surface area contributed by atoms with Crippen molar-refractivity contribution in [2.45, 2.75) is 13.5 Å². The van der Waals surface area contributed by atoms with Crippen LogP contribution in [0.4, 0.5) is 5.82 Å². The molecule has 3 rings (SSSR count). The Morgan fingerprint density at radius 2 is 2.10 bits per heavy atom. The van der Waals surface area contributed by atoms with Crippen LogP contribution >= 0.6 is 0 Å². The highest BCUT2D eigenvalue weighted by Crippen LogP contribution is 2.22. The number of nitrogens with zero attached hydrogens (tertiary/aromatic N) is 4. The van der Waals surface area contributed by atoms with Crippen molar-refractivity contribution < 1.29 is 4.52 Å². The minimum Gasteiger partial charge on any atom is -0.363 e. The summed E-state index contributed by atoms with van der Waals surface area (Å²) in [6, 6.07) is 5.76. The van der Waals surface area contributed by atoms with Crippen LogP contribution in [-0.4, -0.2) is 19.9 Å². The van der Waals surface area contributed by atoms with Crippen molar-refractivity contribution >= 4 is 5.82 Å². The van der Waals surface area contributed by atoms with Gasteiger partial charge in [0.25, 0.3) is 0 Å². The molecule has 0 fully saturated rings. The van der Waals surface area contributed by atoms with E-state index in [1.165, 1.54) is 0 Å². The molecule has 6 nitrogen and oxygen atoms in total. The molecule has 0 atom stereocenters. The number of aryl methyl sites for hydroxylation is 2. The average Bonchev–Trinajstić information content (AvgIpc) is 3.03. The molecule has 0 radical (unpaired) electrons. The maximum absolute atomic E-state index is 5.03. The second kappa shape index (κ2) is 5.16. The molecule has 3 aromatic rings. The molecule has 0 saturated heterocycles. The van der Waals surface area contributed by atoms with E-state index in [0.29, 0.717) is 6.54 Å². The number of hydrogen-bond donors (Lipinski definition) is 1. The van der Waals surface area contributed by atoms with E-state index in [0.717, 1.165) is 28.4 Å². The molecule has 0 bridgehead atoms. The molecule has 102 valence electrons.